The highest BCUT2D eigenvalue weighted by Crippen LogP contribution is 2.32. The van der Waals surface area contributed by atoms with Crippen molar-refractivity contribution in [3.05, 3.63) is 16.1 Å². The zero-order valence-corrected chi connectivity index (χ0v) is 18.9. The molecular formula is C16H29IN4OS2. The van der Waals surface area contributed by atoms with Gasteiger partial charge in [-0.2, -0.15) is 11.8 Å². The number of nitrogens with one attached hydrogen (secondary N) is 2. The molecule has 2 heterocycles. The summed E-state index contributed by atoms with van der Waals surface area (Å²) in [6.45, 7) is 7.67. The van der Waals surface area contributed by atoms with E-state index in [9.17, 15) is 0 Å². The fraction of sp³-hybridized carbons (Fsp3) is 0.750. The summed E-state index contributed by atoms with van der Waals surface area (Å²) in [5.74, 6) is 1.32. The van der Waals surface area contributed by atoms with Crippen LogP contribution in [0.4, 0.5) is 0 Å². The van der Waals surface area contributed by atoms with E-state index < -0.39 is 0 Å². The van der Waals surface area contributed by atoms with Gasteiger partial charge in [0.25, 0.3) is 0 Å². The lowest BCUT2D eigenvalue weighted by Crippen LogP contribution is -2.47. The predicted octanol–water partition coefficient (Wildman–Crippen LogP) is 3.46. The summed E-state index contributed by atoms with van der Waals surface area (Å²) in [5.41, 5.74) is 1.17. The van der Waals surface area contributed by atoms with Gasteiger partial charge < -0.3 is 15.4 Å². The quantitative estimate of drug-likeness (QED) is 0.368. The molecule has 1 aliphatic heterocycles. The molecule has 8 heteroatoms. The second-order valence-corrected chi connectivity index (χ2v) is 8.32. The Labute approximate surface area is 170 Å². The van der Waals surface area contributed by atoms with Crippen molar-refractivity contribution < 1.29 is 4.74 Å². The maximum atomic E-state index is 5.49. The van der Waals surface area contributed by atoms with Crippen LogP contribution in [0.2, 0.25) is 0 Å². The lowest BCUT2D eigenvalue weighted by atomic mass is 9.99. The van der Waals surface area contributed by atoms with Crippen LogP contribution in [0.1, 0.15) is 43.3 Å². The van der Waals surface area contributed by atoms with Crippen molar-refractivity contribution >= 4 is 53.0 Å². The van der Waals surface area contributed by atoms with Crippen LogP contribution < -0.4 is 10.6 Å². The van der Waals surface area contributed by atoms with Gasteiger partial charge in [-0.1, -0.05) is 13.8 Å². The van der Waals surface area contributed by atoms with Crippen LogP contribution in [-0.4, -0.2) is 48.8 Å². The highest BCUT2D eigenvalue weighted by molar-refractivity contribution is 14.0. The molecule has 1 fully saturated rings. The van der Waals surface area contributed by atoms with Gasteiger partial charge in [0, 0.05) is 36.9 Å². The van der Waals surface area contributed by atoms with Crippen molar-refractivity contribution in [2.75, 3.05) is 33.1 Å². The SMILES string of the molecule is CN=C(NCc1nc(C(C)C)cs1)NCC1(SC)CCOCC1.I. The standard InChI is InChI=1S/C16H28N4OS2.HI/c1-12(2)13-10-23-14(20-13)9-18-15(17-3)19-11-16(22-4)5-7-21-8-6-16;/h10,12H,5-9,11H2,1-4H3,(H2,17,18,19);1H. The zero-order valence-electron chi connectivity index (χ0n) is 14.9. The predicted molar refractivity (Wildman–Crippen MR) is 116 cm³/mol. The third-order valence-electron chi connectivity index (χ3n) is 4.21. The highest BCUT2D eigenvalue weighted by Gasteiger charge is 2.31. The Morgan fingerprint density at radius 2 is 2.12 bits per heavy atom. The number of aliphatic imine (C=N–C) groups is 1. The number of thiazole rings is 1. The summed E-state index contributed by atoms with van der Waals surface area (Å²) in [6, 6.07) is 0. The van der Waals surface area contributed by atoms with Gasteiger partial charge in [-0.3, -0.25) is 4.99 Å². The maximum Gasteiger partial charge on any atom is 0.191 e. The molecule has 2 rings (SSSR count). The molecule has 1 aromatic heterocycles. The van der Waals surface area contributed by atoms with E-state index in [4.69, 9.17) is 4.74 Å². The average Bonchev–Trinajstić information content (AvgIpc) is 3.05. The van der Waals surface area contributed by atoms with E-state index in [0.717, 1.165) is 43.6 Å². The third-order valence-corrected chi connectivity index (χ3v) is 6.49. The second-order valence-electron chi connectivity index (χ2n) is 6.10. The molecule has 1 saturated heterocycles. The molecule has 0 spiro atoms. The first kappa shape index (κ1) is 22.0. The summed E-state index contributed by atoms with van der Waals surface area (Å²) >= 11 is 3.63. The van der Waals surface area contributed by atoms with Gasteiger partial charge >= 0.3 is 0 Å². The number of nitrogens with zero attached hydrogens (tertiary/aromatic N) is 2. The Morgan fingerprint density at radius 3 is 2.67 bits per heavy atom. The molecule has 0 atom stereocenters. The molecule has 0 bridgehead atoms. The lowest BCUT2D eigenvalue weighted by molar-refractivity contribution is 0.0783. The van der Waals surface area contributed by atoms with Crippen molar-refractivity contribution in [2.24, 2.45) is 4.99 Å². The number of hydrogen-bond donors (Lipinski definition) is 2. The van der Waals surface area contributed by atoms with Gasteiger partial charge in [-0.05, 0) is 25.0 Å². The Hall–Kier alpha value is -0.0600. The minimum Gasteiger partial charge on any atom is -0.381 e. The first-order valence-electron chi connectivity index (χ1n) is 8.10. The molecule has 0 aromatic carbocycles. The number of ether oxygens (including phenoxy) is 1. The van der Waals surface area contributed by atoms with Crippen molar-refractivity contribution in [1.29, 1.82) is 0 Å². The Balaban J connectivity index is 0.00000288. The summed E-state index contributed by atoms with van der Waals surface area (Å²) < 4.78 is 5.74. The van der Waals surface area contributed by atoms with Crippen LogP contribution in [-0.2, 0) is 11.3 Å². The lowest BCUT2D eigenvalue weighted by Gasteiger charge is -2.36. The first-order valence-corrected chi connectivity index (χ1v) is 10.2. The number of rotatable bonds is 6. The van der Waals surface area contributed by atoms with Crippen LogP contribution >= 0.6 is 47.1 Å². The van der Waals surface area contributed by atoms with Gasteiger partial charge in [0.05, 0.1) is 12.2 Å². The smallest absolute Gasteiger partial charge is 0.191 e. The van der Waals surface area contributed by atoms with Crippen molar-refractivity contribution in [2.45, 2.75) is 43.9 Å². The van der Waals surface area contributed by atoms with Crippen LogP contribution in [0.25, 0.3) is 0 Å². The molecule has 1 aromatic rings. The van der Waals surface area contributed by atoms with E-state index >= 15 is 0 Å². The van der Waals surface area contributed by atoms with Crippen molar-refractivity contribution in [3.63, 3.8) is 0 Å². The van der Waals surface area contributed by atoms with Crippen LogP contribution in [0.3, 0.4) is 0 Å². The summed E-state index contributed by atoms with van der Waals surface area (Å²) in [7, 11) is 1.81. The van der Waals surface area contributed by atoms with Crippen LogP contribution in [0.5, 0.6) is 0 Å². The first-order chi connectivity index (χ1) is 11.1. The van der Waals surface area contributed by atoms with E-state index in [1.54, 1.807) is 11.3 Å². The number of aromatic nitrogens is 1. The van der Waals surface area contributed by atoms with E-state index in [1.807, 2.05) is 18.8 Å². The van der Waals surface area contributed by atoms with E-state index in [2.05, 4.69) is 46.1 Å². The van der Waals surface area contributed by atoms with Gasteiger partial charge in [0.15, 0.2) is 5.96 Å². The molecule has 5 nitrogen and oxygen atoms in total. The zero-order chi connectivity index (χ0) is 16.7. The van der Waals surface area contributed by atoms with Crippen LogP contribution in [0.15, 0.2) is 10.4 Å². The van der Waals surface area contributed by atoms with Gasteiger partial charge in [-0.15, -0.1) is 35.3 Å². The molecule has 0 amide bonds. The molecule has 0 saturated carbocycles. The summed E-state index contributed by atoms with van der Waals surface area (Å²) in [4.78, 5) is 8.97. The summed E-state index contributed by atoms with van der Waals surface area (Å²) in [5, 5.41) is 10.1. The Bertz CT molecular complexity index is 516. The largest absolute Gasteiger partial charge is 0.381 e. The van der Waals surface area contributed by atoms with E-state index in [1.165, 1.54) is 5.69 Å². The second kappa shape index (κ2) is 10.8. The van der Waals surface area contributed by atoms with Crippen molar-refractivity contribution in [3.8, 4) is 0 Å². The van der Waals surface area contributed by atoms with Gasteiger partial charge in [0.2, 0.25) is 0 Å². The van der Waals surface area contributed by atoms with Gasteiger partial charge in [0.1, 0.15) is 5.01 Å². The fourth-order valence-electron chi connectivity index (χ4n) is 2.49. The number of hydrogen-bond acceptors (Lipinski definition) is 5. The van der Waals surface area contributed by atoms with Crippen molar-refractivity contribution in [1.82, 2.24) is 15.6 Å². The molecule has 0 unspecified atom stereocenters. The molecular weight excluding hydrogens is 455 g/mol. The minimum absolute atomic E-state index is 0. The normalized spacial score (nSPS) is 17.5. The Morgan fingerprint density at radius 1 is 1.42 bits per heavy atom. The van der Waals surface area contributed by atoms with Gasteiger partial charge in [-0.25, -0.2) is 4.98 Å². The highest BCUT2D eigenvalue weighted by atomic mass is 127. The topological polar surface area (TPSA) is 58.5 Å². The molecule has 24 heavy (non-hydrogen) atoms. The number of thioether (sulfide) groups is 1. The summed E-state index contributed by atoms with van der Waals surface area (Å²) in [6.07, 6.45) is 4.36. The number of guanidine groups is 1. The number of halogens is 1. The fourth-order valence-corrected chi connectivity index (χ4v) is 4.18. The Kier molecular flexibility index (Phi) is 9.91. The maximum absolute atomic E-state index is 5.49. The van der Waals surface area contributed by atoms with E-state index in [-0.39, 0.29) is 28.7 Å². The minimum atomic E-state index is 0. The monoisotopic (exact) mass is 484 g/mol. The molecule has 138 valence electrons. The van der Waals surface area contributed by atoms with Crippen LogP contribution in [0, 0.1) is 0 Å². The molecule has 1 aliphatic rings. The average molecular weight is 484 g/mol. The van der Waals surface area contributed by atoms with E-state index in [0.29, 0.717) is 12.5 Å². The molecule has 0 radical (unpaired) electrons. The molecule has 2 N–H and O–H groups in total. The molecule has 0 aliphatic carbocycles. The third kappa shape index (κ3) is 6.34.